The van der Waals surface area contributed by atoms with E-state index in [0.29, 0.717) is 23.7 Å². The minimum atomic E-state index is -0.327. The number of hydrogen-bond donors (Lipinski definition) is 0. The lowest BCUT2D eigenvalue weighted by atomic mass is 9.92. The van der Waals surface area contributed by atoms with Crippen molar-refractivity contribution in [2.45, 2.75) is 12.3 Å². The predicted molar refractivity (Wildman–Crippen MR) is 91.2 cm³/mol. The SMILES string of the molecule is COc1ccc(C[C@@H](C#N)c2cc(OC)c(OC)c(OC)c2)cc1. The molecule has 126 valence electrons. The minimum absolute atomic E-state index is 0.327. The second-order valence-corrected chi connectivity index (χ2v) is 5.19. The standard InChI is InChI=1S/C19H21NO4/c1-21-16-7-5-13(6-8-16)9-15(12-20)14-10-17(22-2)19(24-4)18(11-14)23-3/h5-8,10-11,15H,9H2,1-4H3/t15-/m0/s1. The van der Waals surface area contributed by atoms with Crippen LogP contribution >= 0.6 is 0 Å². The van der Waals surface area contributed by atoms with Crippen molar-refractivity contribution in [3.63, 3.8) is 0 Å². The molecule has 2 aromatic rings. The number of nitrogens with zero attached hydrogens (tertiary/aromatic N) is 1. The third-order valence-corrected chi connectivity index (χ3v) is 3.84. The van der Waals surface area contributed by atoms with Gasteiger partial charge in [0.25, 0.3) is 0 Å². The second-order valence-electron chi connectivity index (χ2n) is 5.19. The number of rotatable bonds is 7. The summed E-state index contributed by atoms with van der Waals surface area (Å²) in [5.41, 5.74) is 1.87. The van der Waals surface area contributed by atoms with Crippen molar-refractivity contribution in [2.24, 2.45) is 0 Å². The van der Waals surface area contributed by atoms with Crippen molar-refractivity contribution >= 4 is 0 Å². The predicted octanol–water partition coefficient (Wildman–Crippen LogP) is 3.57. The van der Waals surface area contributed by atoms with Crippen LogP contribution in [0.5, 0.6) is 23.0 Å². The van der Waals surface area contributed by atoms with Crippen molar-refractivity contribution in [3.05, 3.63) is 47.5 Å². The summed E-state index contributed by atoms with van der Waals surface area (Å²) < 4.78 is 21.2. The van der Waals surface area contributed by atoms with Crippen LogP contribution in [-0.2, 0) is 6.42 Å². The van der Waals surface area contributed by atoms with Crippen LogP contribution in [0.3, 0.4) is 0 Å². The highest BCUT2D eigenvalue weighted by Crippen LogP contribution is 2.40. The van der Waals surface area contributed by atoms with Gasteiger partial charge in [-0.3, -0.25) is 0 Å². The lowest BCUT2D eigenvalue weighted by molar-refractivity contribution is 0.323. The first kappa shape index (κ1) is 17.5. The molecular weight excluding hydrogens is 306 g/mol. The van der Waals surface area contributed by atoms with Crippen LogP contribution < -0.4 is 18.9 Å². The molecule has 5 heteroatoms. The maximum atomic E-state index is 9.61. The lowest BCUT2D eigenvalue weighted by Crippen LogP contribution is -2.03. The molecule has 24 heavy (non-hydrogen) atoms. The van der Waals surface area contributed by atoms with Gasteiger partial charge in [0.1, 0.15) is 5.75 Å². The summed E-state index contributed by atoms with van der Waals surface area (Å²) in [4.78, 5) is 0. The van der Waals surface area contributed by atoms with Gasteiger partial charge < -0.3 is 18.9 Å². The highest BCUT2D eigenvalue weighted by molar-refractivity contribution is 5.55. The Labute approximate surface area is 142 Å². The van der Waals surface area contributed by atoms with Gasteiger partial charge in [0.15, 0.2) is 11.5 Å². The van der Waals surface area contributed by atoms with Crippen LogP contribution in [0.25, 0.3) is 0 Å². The molecule has 0 aromatic heterocycles. The van der Waals surface area contributed by atoms with Gasteiger partial charge in [-0.1, -0.05) is 12.1 Å². The van der Waals surface area contributed by atoms with Gasteiger partial charge in [-0.25, -0.2) is 0 Å². The minimum Gasteiger partial charge on any atom is -0.497 e. The molecule has 0 spiro atoms. The molecule has 0 saturated heterocycles. The smallest absolute Gasteiger partial charge is 0.203 e. The van der Waals surface area contributed by atoms with Crippen LogP contribution in [-0.4, -0.2) is 28.4 Å². The fourth-order valence-corrected chi connectivity index (χ4v) is 2.54. The molecule has 0 N–H and O–H groups in total. The fraction of sp³-hybridized carbons (Fsp3) is 0.316. The van der Waals surface area contributed by atoms with E-state index in [0.717, 1.165) is 16.9 Å². The Kier molecular flexibility index (Phi) is 5.91. The van der Waals surface area contributed by atoms with Crippen molar-refractivity contribution in [1.82, 2.24) is 0 Å². The number of methoxy groups -OCH3 is 4. The Hall–Kier alpha value is -2.87. The normalized spacial score (nSPS) is 11.3. The summed E-state index contributed by atoms with van der Waals surface area (Å²) in [6.45, 7) is 0. The van der Waals surface area contributed by atoms with E-state index in [-0.39, 0.29) is 5.92 Å². The average Bonchev–Trinajstić information content (AvgIpc) is 2.65. The molecule has 0 unspecified atom stereocenters. The molecular formula is C19H21NO4. The van der Waals surface area contributed by atoms with E-state index in [9.17, 15) is 5.26 Å². The summed E-state index contributed by atoms with van der Waals surface area (Å²) in [5.74, 6) is 2.07. The molecule has 0 radical (unpaired) electrons. The van der Waals surface area contributed by atoms with E-state index in [1.165, 1.54) is 0 Å². The van der Waals surface area contributed by atoms with Crippen molar-refractivity contribution < 1.29 is 18.9 Å². The van der Waals surface area contributed by atoms with Crippen molar-refractivity contribution in [3.8, 4) is 29.1 Å². The molecule has 0 fully saturated rings. The van der Waals surface area contributed by atoms with Gasteiger partial charge in [-0.15, -0.1) is 0 Å². The van der Waals surface area contributed by atoms with Crippen LogP contribution in [0.15, 0.2) is 36.4 Å². The Morgan fingerprint density at radius 2 is 1.46 bits per heavy atom. The van der Waals surface area contributed by atoms with E-state index in [1.54, 1.807) is 28.4 Å². The Balaban J connectivity index is 2.34. The molecule has 0 bridgehead atoms. The number of benzene rings is 2. The first-order valence-corrected chi connectivity index (χ1v) is 7.49. The monoisotopic (exact) mass is 327 g/mol. The van der Waals surface area contributed by atoms with Gasteiger partial charge >= 0.3 is 0 Å². The lowest BCUT2D eigenvalue weighted by Gasteiger charge is -2.16. The Morgan fingerprint density at radius 3 is 1.88 bits per heavy atom. The van der Waals surface area contributed by atoms with E-state index in [2.05, 4.69) is 6.07 Å². The van der Waals surface area contributed by atoms with Crippen LogP contribution in [0.4, 0.5) is 0 Å². The number of hydrogen-bond acceptors (Lipinski definition) is 5. The van der Waals surface area contributed by atoms with E-state index in [4.69, 9.17) is 18.9 Å². The van der Waals surface area contributed by atoms with Gasteiger partial charge in [-0.2, -0.15) is 5.26 Å². The maximum Gasteiger partial charge on any atom is 0.203 e. The van der Waals surface area contributed by atoms with Gasteiger partial charge in [-0.05, 0) is 41.8 Å². The zero-order valence-electron chi connectivity index (χ0n) is 14.3. The molecule has 2 rings (SSSR count). The van der Waals surface area contributed by atoms with Gasteiger partial charge in [0, 0.05) is 0 Å². The second kappa shape index (κ2) is 8.11. The van der Waals surface area contributed by atoms with E-state index < -0.39 is 0 Å². The van der Waals surface area contributed by atoms with E-state index >= 15 is 0 Å². The third-order valence-electron chi connectivity index (χ3n) is 3.84. The summed E-state index contributed by atoms with van der Waals surface area (Å²) in [5, 5.41) is 9.61. The Bertz CT molecular complexity index is 694. The average molecular weight is 327 g/mol. The van der Waals surface area contributed by atoms with Crippen LogP contribution in [0.2, 0.25) is 0 Å². The highest BCUT2D eigenvalue weighted by Gasteiger charge is 2.19. The topological polar surface area (TPSA) is 60.7 Å². The summed E-state index contributed by atoms with van der Waals surface area (Å²) in [6.07, 6.45) is 0.582. The summed E-state index contributed by atoms with van der Waals surface area (Å²) >= 11 is 0. The molecule has 0 aliphatic heterocycles. The molecule has 0 heterocycles. The van der Waals surface area contributed by atoms with Crippen LogP contribution in [0.1, 0.15) is 17.0 Å². The molecule has 2 aromatic carbocycles. The zero-order valence-corrected chi connectivity index (χ0v) is 14.3. The molecule has 0 aliphatic rings. The molecule has 1 atom stereocenters. The maximum absolute atomic E-state index is 9.61. The Morgan fingerprint density at radius 1 is 0.875 bits per heavy atom. The van der Waals surface area contributed by atoms with Gasteiger partial charge in [0.2, 0.25) is 5.75 Å². The quantitative estimate of drug-likeness (QED) is 0.778. The number of nitriles is 1. The molecule has 0 saturated carbocycles. The van der Waals surface area contributed by atoms with Crippen molar-refractivity contribution in [2.75, 3.05) is 28.4 Å². The molecule has 0 aliphatic carbocycles. The molecule has 5 nitrogen and oxygen atoms in total. The first-order valence-electron chi connectivity index (χ1n) is 7.49. The zero-order chi connectivity index (χ0) is 17.5. The largest absolute Gasteiger partial charge is 0.497 e. The fourth-order valence-electron chi connectivity index (χ4n) is 2.54. The summed E-state index contributed by atoms with van der Waals surface area (Å²) in [7, 11) is 6.31. The summed E-state index contributed by atoms with van der Waals surface area (Å²) in [6, 6.07) is 13.7. The first-order chi connectivity index (χ1) is 11.7. The van der Waals surface area contributed by atoms with E-state index in [1.807, 2.05) is 36.4 Å². The third kappa shape index (κ3) is 3.72. The highest BCUT2D eigenvalue weighted by atomic mass is 16.5. The van der Waals surface area contributed by atoms with Crippen molar-refractivity contribution in [1.29, 1.82) is 5.26 Å². The van der Waals surface area contributed by atoms with Gasteiger partial charge in [0.05, 0.1) is 40.4 Å². The molecule has 0 amide bonds. The number of ether oxygens (including phenoxy) is 4. The van der Waals surface area contributed by atoms with Crippen LogP contribution in [0, 0.1) is 11.3 Å².